The van der Waals surface area contributed by atoms with Crippen molar-refractivity contribution in [2.75, 3.05) is 19.0 Å². The number of hydrogen-bond acceptors (Lipinski definition) is 4. The second kappa shape index (κ2) is 7.86. The standard InChI is InChI=1S/C7H13NO2S/c1-3-9-7(10-4-2)5-11-6-8/h7H,3-5H2,1-2H3. The molecule has 0 amide bonds. The summed E-state index contributed by atoms with van der Waals surface area (Å²) in [5, 5.41) is 10.2. The SMILES string of the molecule is CCOC(CSC#N)OCC. The van der Waals surface area contributed by atoms with Crippen molar-refractivity contribution in [2.45, 2.75) is 20.1 Å². The Morgan fingerprint density at radius 1 is 1.36 bits per heavy atom. The highest BCUT2D eigenvalue weighted by Crippen LogP contribution is 2.04. The van der Waals surface area contributed by atoms with E-state index in [-0.39, 0.29) is 6.29 Å². The van der Waals surface area contributed by atoms with E-state index in [4.69, 9.17) is 14.7 Å². The number of rotatable bonds is 6. The summed E-state index contributed by atoms with van der Waals surface area (Å²) in [6, 6.07) is 0. The van der Waals surface area contributed by atoms with Crippen LogP contribution < -0.4 is 0 Å². The maximum atomic E-state index is 8.25. The molecule has 0 saturated carbocycles. The van der Waals surface area contributed by atoms with E-state index < -0.39 is 0 Å². The molecular formula is C7H13NO2S. The van der Waals surface area contributed by atoms with E-state index in [9.17, 15) is 0 Å². The Hall–Kier alpha value is -0.240. The third-order valence-electron chi connectivity index (χ3n) is 0.989. The monoisotopic (exact) mass is 175 g/mol. The third-order valence-corrected chi connectivity index (χ3v) is 1.56. The van der Waals surface area contributed by atoms with Crippen LogP contribution in [0.5, 0.6) is 0 Å². The fourth-order valence-electron chi connectivity index (χ4n) is 0.621. The number of nitriles is 1. The van der Waals surface area contributed by atoms with Crippen molar-refractivity contribution in [1.29, 1.82) is 5.26 Å². The number of thiocyanates is 1. The van der Waals surface area contributed by atoms with Gasteiger partial charge in [0.15, 0.2) is 6.29 Å². The minimum Gasteiger partial charge on any atom is -0.352 e. The van der Waals surface area contributed by atoms with Crippen molar-refractivity contribution in [2.24, 2.45) is 0 Å². The smallest absolute Gasteiger partial charge is 0.167 e. The summed E-state index contributed by atoms with van der Waals surface area (Å²) in [4.78, 5) is 0. The van der Waals surface area contributed by atoms with Gasteiger partial charge in [0.1, 0.15) is 5.40 Å². The lowest BCUT2D eigenvalue weighted by atomic mass is 10.7. The van der Waals surface area contributed by atoms with E-state index in [2.05, 4.69) is 0 Å². The van der Waals surface area contributed by atoms with Crippen LogP contribution in [0, 0.1) is 10.7 Å². The average Bonchev–Trinajstić information content (AvgIpc) is 2.01. The highest BCUT2D eigenvalue weighted by Gasteiger charge is 2.06. The zero-order chi connectivity index (χ0) is 8.53. The first-order valence-corrected chi connectivity index (χ1v) is 4.57. The second-order valence-corrected chi connectivity index (χ2v) is 2.55. The van der Waals surface area contributed by atoms with Crippen LogP contribution in [0.15, 0.2) is 0 Å². The zero-order valence-corrected chi connectivity index (χ0v) is 7.69. The van der Waals surface area contributed by atoms with Crippen LogP contribution in [0.1, 0.15) is 13.8 Å². The molecule has 0 aliphatic rings. The Bertz CT molecular complexity index is 118. The first kappa shape index (κ1) is 10.8. The summed E-state index contributed by atoms with van der Waals surface area (Å²) in [6.45, 7) is 5.05. The van der Waals surface area contributed by atoms with Gasteiger partial charge in [-0.2, -0.15) is 5.26 Å². The predicted molar refractivity (Wildman–Crippen MR) is 45.1 cm³/mol. The van der Waals surface area contributed by atoms with Gasteiger partial charge in [-0.25, -0.2) is 0 Å². The van der Waals surface area contributed by atoms with Gasteiger partial charge >= 0.3 is 0 Å². The summed E-state index contributed by atoms with van der Waals surface area (Å²) < 4.78 is 10.4. The Balaban J connectivity index is 3.44. The summed E-state index contributed by atoms with van der Waals surface area (Å²) >= 11 is 1.15. The molecule has 0 aromatic rings. The molecule has 0 aliphatic heterocycles. The molecule has 0 bridgehead atoms. The van der Waals surface area contributed by atoms with Crippen molar-refractivity contribution >= 4 is 11.8 Å². The van der Waals surface area contributed by atoms with Crippen molar-refractivity contribution in [3.8, 4) is 5.40 Å². The number of nitrogens with zero attached hydrogens (tertiary/aromatic N) is 1. The lowest BCUT2D eigenvalue weighted by molar-refractivity contribution is -0.119. The fourth-order valence-corrected chi connectivity index (χ4v) is 1.02. The van der Waals surface area contributed by atoms with Crippen LogP contribution >= 0.6 is 11.8 Å². The van der Waals surface area contributed by atoms with Crippen molar-refractivity contribution < 1.29 is 9.47 Å². The molecule has 64 valence electrons. The van der Waals surface area contributed by atoms with E-state index in [0.29, 0.717) is 19.0 Å². The van der Waals surface area contributed by atoms with Gasteiger partial charge in [0.25, 0.3) is 0 Å². The number of hydrogen-bond donors (Lipinski definition) is 0. The molecule has 0 N–H and O–H groups in total. The molecule has 0 rings (SSSR count). The van der Waals surface area contributed by atoms with Gasteiger partial charge < -0.3 is 9.47 Å². The largest absolute Gasteiger partial charge is 0.352 e. The second-order valence-electron chi connectivity index (χ2n) is 1.74. The zero-order valence-electron chi connectivity index (χ0n) is 6.87. The maximum Gasteiger partial charge on any atom is 0.167 e. The van der Waals surface area contributed by atoms with Crippen LogP contribution in [0.2, 0.25) is 0 Å². The molecule has 0 atom stereocenters. The van der Waals surface area contributed by atoms with E-state index in [1.807, 2.05) is 19.2 Å². The van der Waals surface area contributed by atoms with Gasteiger partial charge in [-0.05, 0) is 25.6 Å². The van der Waals surface area contributed by atoms with Gasteiger partial charge in [0.2, 0.25) is 0 Å². The highest BCUT2D eigenvalue weighted by atomic mass is 32.2. The molecule has 4 heteroatoms. The van der Waals surface area contributed by atoms with E-state index in [1.165, 1.54) is 0 Å². The molecule has 0 aromatic heterocycles. The van der Waals surface area contributed by atoms with Gasteiger partial charge in [0.05, 0.1) is 5.75 Å². The topological polar surface area (TPSA) is 42.2 Å². The lowest BCUT2D eigenvalue weighted by Gasteiger charge is -2.14. The maximum absolute atomic E-state index is 8.25. The van der Waals surface area contributed by atoms with Gasteiger partial charge in [-0.15, -0.1) is 0 Å². The highest BCUT2D eigenvalue weighted by molar-refractivity contribution is 8.03. The molecule has 0 fully saturated rings. The van der Waals surface area contributed by atoms with Crippen molar-refractivity contribution in [3.63, 3.8) is 0 Å². The minimum atomic E-state index is -0.227. The van der Waals surface area contributed by atoms with Crippen molar-refractivity contribution in [3.05, 3.63) is 0 Å². The molecule has 3 nitrogen and oxygen atoms in total. The lowest BCUT2D eigenvalue weighted by Crippen LogP contribution is -2.19. The molecule has 11 heavy (non-hydrogen) atoms. The molecule has 0 unspecified atom stereocenters. The van der Waals surface area contributed by atoms with Gasteiger partial charge in [-0.3, -0.25) is 0 Å². The Morgan fingerprint density at radius 2 is 1.91 bits per heavy atom. The van der Waals surface area contributed by atoms with Crippen LogP contribution in [-0.4, -0.2) is 25.3 Å². The first-order chi connectivity index (χ1) is 5.35. The van der Waals surface area contributed by atoms with Crippen LogP contribution in [0.3, 0.4) is 0 Å². The number of ether oxygens (including phenoxy) is 2. The Morgan fingerprint density at radius 3 is 2.27 bits per heavy atom. The molecule has 0 aliphatic carbocycles. The third kappa shape index (κ3) is 6.17. The van der Waals surface area contributed by atoms with Crippen molar-refractivity contribution in [1.82, 2.24) is 0 Å². The minimum absolute atomic E-state index is 0.227. The summed E-state index contributed by atoms with van der Waals surface area (Å²) in [6.07, 6.45) is -0.227. The average molecular weight is 175 g/mol. The summed E-state index contributed by atoms with van der Waals surface area (Å²) in [5.41, 5.74) is 0. The molecule has 0 spiro atoms. The van der Waals surface area contributed by atoms with Crippen LogP contribution in [-0.2, 0) is 9.47 Å². The molecule has 0 radical (unpaired) electrons. The predicted octanol–water partition coefficient (Wildman–Crippen LogP) is 1.60. The molecule has 0 aromatic carbocycles. The number of thioether (sulfide) groups is 1. The fraction of sp³-hybridized carbons (Fsp3) is 0.857. The van der Waals surface area contributed by atoms with Gasteiger partial charge in [0, 0.05) is 13.2 Å². The summed E-state index contributed by atoms with van der Waals surface area (Å²) in [5.74, 6) is 0.582. The quantitative estimate of drug-likeness (QED) is 0.454. The first-order valence-electron chi connectivity index (χ1n) is 3.59. The van der Waals surface area contributed by atoms with E-state index in [0.717, 1.165) is 11.8 Å². The Labute approximate surface area is 71.7 Å². The van der Waals surface area contributed by atoms with E-state index >= 15 is 0 Å². The van der Waals surface area contributed by atoms with Crippen LogP contribution in [0.4, 0.5) is 0 Å². The van der Waals surface area contributed by atoms with Crippen LogP contribution in [0.25, 0.3) is 0 Å². The molecular weight excluding hydrogens is 162 g/mol. The molecule has 0 saturated heterocycles. The van der Waals surface area contributed by atoms with E-state index in [1.54, 1.807) is 0 Å². The Kier molecular flexibility index (Phi) is 7.69. The normalized spacial score (nSPS) is 10.0. The molecule has 0 heterocycles. The summed E-state index contributed by atoms with van der Waals surface area (Å²) in [7, 11) is 0. The van der Waals surface area contributed by atoms with Gasteiger partial charge in [-0.1, -0.05) is 0 Å².